The van der Waals surface area contributed by atoms with Crippen LogP contribution in [-0.2, 0) is 26.1 Å². The van der Waals surface area contributed by atoms with Crippen molar-refractivity contribution in [2.45, 2.75) is 23.9 Å². The van der Waals surface area contributed by atoms with Crippen LogP contribution in [0.2, 0.25) is 0 Å². The van der Waals surface area contributed by atoms with Crippen LogP contribution in [0.1, 0.15) is 22.6 Å². The number of nitrogens with zero attached hydrogens (tertiary/aromatic N) is 4. The molecule has 160 valence electrons. The number of esters is 1. The molecule has 2 aliphatic heterocycles. The van der Waals surface area contributed by atoms with Crippen molar-refractivity contribution in [3.05, 3.63) is 42.0 Å². The summed E-state index contributed by atoms with van der Waals surface area (Å²) in [5.41, 5.74) is 0.926. The number of hydrogen-bond acceptors (Lipinski definition) is 7. The molecule has 1 unspecified atom stereocenters. The molecule has 10 nitrogen and oxygen atoms in total. The molecular weight excluding hydrogens is 410 g/mol. The minimum atomic E-state index is -3.99. The normalized spacial score (nSPS) is 20.8. The number of sulfonamides is 1. The van der Waals surface area contributed by atoms with E-state index in [0.717, 1.165) is 23.8 Å². The lowest BCUT2D eigenvalue weighted by molar-refractivity contribution is -0.140. The molecule has 2 aromatic rings. The average molecular weight is 433 g/mol. The Morgan fingerprint density at radius 1 is 1.30 bits per heavy atom. The molecule has 1 aromatic carbocycles. The lowest BCUT2D eigenvalue weighted by Crippen LogP contribution is -2.38. The van der Waals surface area contributed by atoms with Gasteiger partial charge in [0.1, 0.15) is 17.8 Å². The molecule has 0 spiro atoms. The van der Waals surface area contributed by atoms with Crippen LogP contribution in [0.3, 0.4) is 0 Å². The summed E-state index contributed by atoms with van der Waals surface area (Å²) in [6.45, 7) is 0.991. The third-order valence-corrected chi connectivity index (χ3v) is 7.25. The van der Waals surface area contributed by atoms with Crippen molar-refractivity contribution in [3.8, 4) is 5.69 Å². The fourth-order valence-electron chi connectivity index (χ4n) is 3.84. The molecule has 1 amide bonds. The highest BCUT2D eigenvalue weighted by Gasteiger charge is 2.36. The van der Waals surface area contributed by atoms with Crippen molar-refractivity contribution in [2.75, 3.05) is 33.8 Å². The van der Waals surface area contributed by atoms with Gasteiger partial charge in [-0.1, -0.05) is 12.1 Å². The van der Waals surface area contributed by atoms with E-state index in [1.54, 1.807) is 22.8 Å². The monoisotopic (exact) mass is 433 g/mol. The summed E-state index contributed by atoms with van der Waals surface area (Å²) in [6, 6.07) is 6.44. The second-order valence-electron chi connectivity index (χ2n) is 7.45. The largest absolute Gasteiger partial charge is 0.468 e. The molecule has 11 heteroatoms. The van der Waals surface area contributed by atoms with Gasteiger partial charge >= 0.3 is 5.97 Å². The Morgan fingerprint density at radius 2 is 2.07 bits per heavy atom. The maximum Gasteiger partial charge on any atom is 0.321 e. The van der Waals surface area contributed by atoms with Gasteiger partial charge in [0.25, 0.3) is 5.91 Å². The van der Waals surface area contributed by atoms with Crippen LogP contribution < -0.4 is 5.32 Å². The number of amides is 1. The van der Waals surface area contributed by atoms with E-state index in [2.05, 4.69) is 19.9 Å². The summed E-state index contributed by atoms with van der Waals surface area (Å²) >= 11 is 0. The molecule has 1 aromatic heterocycles. The molecule has 30 heavy (non-hydrogen) atoms. The van der Waals surface area contributed by atoms with Gasteiger partial charge in [-0.15, -0.1) is 0 Å². The average Bonchev–Trinajstić information content (AvgIpc) is 3.31. The first-order valence-electron chi connectivity index (χ1n) is 9.53. The van der Waals surface area contributed by atoms with Crippen LogP contribution >= 0.6 is 0 Å². The van der Waals surface area contributed by atoms with E-state index in [9.17, 15) is 18.0 Å². The lowest BCUT2D eigenvalue weighted by Gasteiger charge is -2.19. The number of carbonyl (C=O) groups excluding carboxylic acids is 2. The van der Waals surface area contributed by atoms with E-state index >= 15 is 0 Å². The predicted molar refractivity (Wildman–Crippen MR) is 107 cm³/mol. The number of para-hydroxylation sites is 1. The summed E-state index contributed by atoms with van der Waals surface area (Å²) in [4.78, 5) is 31.3. The Kier molecular flexibility index (Phi) is 5.35. The Hall–Kier alpha value is -2.76. The third-order valence-electron chi connectivity index (χ3n) is 5.41. The number of hydrogen-bond donors (Lipinski definition) is 1. The zero-order valence-electron chi connectivity index (χ0n) is 16.7. The maximum absolute atomic E-state index is 13.2. The number of aromatic nitrogens is 2. The quantitative estimate of drug-likeness (QED) is 0.674. The van der Waals surface area contributed by atoms with Gasteiger partial charge in [-0.25, -0.2) is 13.4 Å². The number of benzene rings is 1. The predicted octanol–water partition coefficient (Wildman–Crippen LogP) is -0.0165. The Bertz CT molecular complexity index is 1100. The lowest BCUT2D eigenvalue weighted by atomic mass is 10.2. The number of imidazole rings is 1. The van der Waals surface area contributed by atoms with Crippen LogP contribution in [0.15, 0.2) is 35.5 Å². The molecule has 1 saturated heterocycles. The number of methoxy groups -OCH3 is 1. The van der Waals surface area contributed by atoms with Gasteiger partial charge in [-0.2, -0.15) is 4.31 Å². The zero-order valence-corrected chi connectivity index (χ0v) is 17.6. The van der Waals surface area contributed by atoms with Gasteiger partial charge in [-0.05, 0) is 32.1 Å². The van der Waals surface area contributed by atoms with Gasteiger partial charge in [0.2, 0.25) is 10.0 Å². The van der Waals surface area contributed by atoms with E-state index in [1.165, 1.54) is 19.5 Å². The second kappa shape index (κ2) is 7.82. The number of carbonyl (C=O) groups is 2. The van der Waals surface area contributed by atoms with Crippen LogP contribution in [0.25, 0.3) is 5.69 Å². The molecule has 0 aliphatic carbocycles. The minimum absolute atomic E-state index is 0.00724. The molecule has 0 bridgehead atoms. The Labute approximate surface area is 174 Å². The maximum atomic E-state index is 13.2. The molecule has 1 atom stereocenters. The molecule has 4 rings (SSSR count). The number of likely N-dealkylation sites (tertiary alicyclic amines) is 1. The van der Waals surface area contributed by atoms with Gasteiger partial charge in [-0.3, -0.25) is 14.2 Å². The fraction of sp³-hybridized carbons (Fsp3) is 0.421. The van der Waals surface area contributed by atoms with Crippen molar-refractivity contribution >= 4 is 21.9 Å². The minimum Gasteiger partial charge on any atom is -0.468 e. The molecule has 0 saturated carbocycles. The Balaban J connectivity index is 1.76. The zero-order chi connectivity index (χ0) is 21.5. The highest BCUT2D eigenvalue weighted by Crippen LogP contribution is 2.31. The highest BCUT2D eigenvalue weighted by molar-refractivity contribution is 7.89. The summed E-state index contributed by atoms with van der Waals surface area (Å²) in [7, 11) is -0.804. The summed E-state index contributed by atoms with van der Waals surface area (Å²) in [5.74, 6) is -1.05. The van der Waals surface area contributed by atoms with E-state index in [-0.39, 0.29) is 29.1 Å². The van der Waals surface area contributed by atoms with Gasteiger partial charge in [0.05, 0.1) is 25.0 Å². The van der Waals surface area contributed by atoms with Crippen molar-refractivity contribution in [1.82, 2.24) is 24.1 Å². The molecule has 1 fully saturated rings. The van der Waals surface area contributed by atoms with Crippen molar-refractivity contribution < 1.29 is 22.7 Å². The first-order chi connectivity index (χ1) is 14.3. The van der Waals surface area contributed by atoms with Crippen LogP contribution in [0.4, 0.5) is 0 Å². The highest BCUT2D eigenvalue weighted by atomic mass is 32.2. The van der Waals surface area contributed by atoms with Gasteiger partial charge < -0.3 is 15.0 Å². The Morgan fingerprint density at radius 3 is 2.77 bits per heavy atom. The number of nitrogens with one attached hydrogen (secondary N) is 1. The van der Waals surface area contributed by atoms with E-state index in [1.807, 2.05) is 7.05 Å². The number of rotatable bonds is 4. The SMILES string of the molecule is COC(=O)CN1Cc2c(C(=O)NC3CCN(C)C3)ncn2-c2ccccc2S1(=O)=O. The molecule has 1 N–H and O–H groups in total. The van der Waals surface area contributed by atoms with Crippen molar-refractivity contribution in [2.24, 2.45) is 0 Å². The topological polar surface area (TPSA) is 114 Å². The van der Waals surface area contributed by atoms with Crippen molar-refractivity contribution in [1.29, 1.82) is 0 Å². The van der Waals surface area contributed by atoms with E-state index in [0.29, 0.717) is 11.4 Å². The molecule has 2 aliphatic rings. The van der Waals surface area contributed by atoms with Crippen LogP contribution in [-0.4, -0.2) is 78.9 Å². The van der Waals surface area contributed by atoms with E-state index in [4.69, 9.17) is 0 Å². The van der Waals surface area contributed by atoms with E-state index < -0.39 is 22.5 Å². The fourth-order valence-corrected chi connectivity index (χ4v) is 5.37. The van der Waals surface area contributed by atoms with Crippen LogP contribution in [0, 0.1) is 0 Å². The number of ether oxygens (including phenoxy) is 1. The van der Waals surface area contributed by atoms with Gasteiger partial charge in [0, 0.05) is 12.6 Å². The molecular formula is C19H23N5O5S. The van der Waals surface area contributed by atoms with Crippen LogP contribution in [0.5, 0.6) is 0 Å². The van der Waals surface area contributed by atoms with Gasteiger partial charge in [0.15, 0.2) is 5.69 Å². The summed E-state index contributed by atoms with van der Waals surface area (Å²) in [5, 5.41) is 2.98. The smallest absolute Gasteiger partial charge is 0.321 e. The summed E-state index contributed by atoms with van der Waals surface area (Å²) in [6.07, 6.45) is 2.28. The second-order valence-corrected chi connectivity index (χ2v) is 9.35. The first-order valence-corrected chi connectivity index (χ1v) is 11.0. The first kappa shape index (κ1) is 20.5. The summed E-state index contributed by atoms with van der Waals surface area (Å²) < 4.78 is 33.7. The number of fused-ring (bicyclic) bond motifs is 3. The van der Waals surface area contributed by atoms with Crippen molar-refractivity contribution in [3.63, 3.8) is 0 Å². The molecule has 3 heterocycles. The molecule has 0 radical (unpaired) electrons. The number of likely N-dealkylation sites (N-methyl/N-ethyl adjacent to an activating group) is 1. The third kappa shape index (κ3) is 3.59. The standard InChI is InChI=1S/C19H23N5O5S/c1-22-8-7-13(9-22)21-19(26)18-15-10-23(11-17(25)29-2)30(27,28)16-6-4-3-5-14(16)24(15)12-20-18/h3-6,12-13H,7-11H2,1-2H3,(H,21,26).